The fourth-order valence-electron chi connectivity index (χ4n) is 1.99. The lowest BCUT2D eigenvalue weighted by molar-refractivity contribution is 0.1000. The number of carbonyl (C=O) groups is 1. The van der Waals surface area contributed by atoms with Gasteiger partial charge in [0, 0.05) is 25.0 Å². The number of pyridine rings is 1. The number of nitrogen functional groups attached to an aromatic ring is 1. The number of hydrogen-bond acceptors (Lipinski definition) is 4. The number of aromatic nitrogens is 1. The van der Waals surface area contributed by atoms with Gasteiger partial charge >= 0.3 is 0 Å². The Hall–Kier alpha value is -2.56. The van der Waals surface area contributed by atoms with Crippen molar-refractivity contribution in [3.05, 3.63) is 53.7 Å². The van der Waals surface area contributed by atoms with Crippen LogP contribution in [0.3, 0.4) is 0 Å². The second kappa shape index (κ2) is 6.06. The Labute approximate surface area is 118 Å². The predicted molar refractivity (Wildman–Crippen MR) is 80.3 cm³/mol. The van der Waals surface area contributed by atoms with E-state index < -0.39 is 5.91 Å². The van der Waals surface area contributed by atoms with Gasteiger partial charge in [0.1, 0.15) is 5.82 Å². The van der Waals surface area contributed by atoms with Crippen LogP contribution in [-0.2, 0) is 6.54 Å². The minimum atomic E-state index is -0.470. The SMILES string of the molecule is CCN(Cc1cccc(N)c1)c1ccc(C(N)=O)cn1. The zero-order valence-corrected chi connectivity index (χ0v) is 11.4. The molecule has 2 rings (SSSR count). The van der Waals surface area contributed by atoms with Gasteiger partial charge in [0.05, 0.1) is 5.56 Å². The molecule has 0 saturated carbocycles. The van der Waals surface area contributed by atoms with E-state index in [1.165, 1.54) is 6.20 Å². The average molecular weight is 270 g/mol. The van der Waals surface area contributed by atoms with E-state index in [1.807, 2.05) is 24.3 Å². The van der Waals surface area contributed by atoms with E-state index in [4.69, 9.17) is 11.5 Å². The van der Waals surface area contributed by atoms with Crippen molar-refractivity contribution in [1.82, 2.24) is 4.98 Å². The first-order valence-electron chi connectivity index (χ1n) is 6.45. The minimum Gasteiger partial charge on any atom is -0.399 e. The van der Waals surface area contributed by atoms with E-state index in [-0.39, 0.29) is 0 Å². The molecule has 0 spiro atoms. The number of carbonyl (C=O) groups excluding carboxylic acids is 1. The molecule has 1 aromatic heterocycles. The van der Waals surface area contributed by atoms with Crippen molar-refractivity contribution >= 4 is 17.4 Å². The van der Waals surface area contributed by atoms with E-state index in [2.05, 4.69) is 16.8 Å². The topological polar surface area (TPSA) is 85.2 Å². The highest BCUT2D eigenvalue weighted by atomic mass is 16.1. The van der Waals surface area contributed by atoms with E-state index in [9.17, 15) is 4.79 Å². The third-order valence-corrected chi connectivity index (χ3v) is 3.06. The molecule has 0 aliphatic carbocycles. The molecule has 104 valence electrons. The first-order chi connectivity index (χ1) is 9.60. The molecule has 1 aromatic carbocycles. The smallest absolute Gasteiger partial charge is 0.250 e. The zero-order chi connectivity index (χ0) is 14.5. The van der Waals surface area contributed by atoms with Crippen LogP contribution >= 0.6 is 0 Å². The molecule has 20 heavy (non-hydrogen) atoms. The van der Waals surface area contributed by atoms with Crippen molar-refractivity contribution in [2.75, 3.05) is 17.2 Å². The number of hydrogen-bond donors (Lipinski definition) is 2. The molecule has 4 N–H and O–H groups in total. The Bertz CT molecular complexity index is 595. The summed E-state index contributed by atoms with van der Waals surface area (Å²) < 4.78 is 0. The molecular formula is C15H18N4O. The van der Waals surface area contributed by atoms with Crippen LogP contribution in [-0.4, -0.2) is 17.4 Å². The highest BCUT2D eigenvalue weighted by Gasteiger charge is 2.08. The third kappa shape index (κ3) is 3.26. The Morgan fingerprint density at radius 1 is 1.30 bits per heavy atom. The van der Waals surface area contributed by atoms with Gasteiger partial charge in [0.25, 0.3) is 0 Å². The van der Waals surface area contributed by atoms with Gasteiger partial charge in [-0.3, -0.25) is 4.79 Å². The summed E-state index contributed by atoms with van der Waals surface area (Å²) >= 11 is 0. The molecule has 0 bridgehead atoms. The molecule has 0 radical (unpaired) electrons. The third-order valence-electron chi connectivity index (χ3n) is 3.06. The van der Waals surface area contributed by atoms with Crippen molar-refractivity contribution in [3.63, 3.8) is 0 Å². The summed E-state index contributed by atoms with van der Waals surface area (Å²) in [6.07, 6.45) is 1.50. The first kappa shape index (κ1) is 13.9. The van der Waals surface area contributed by atoms with Gasteiger partial charge < -0.3 is 16.4 Å². The summed E-state index contributed by atoms with van der Waals surface area (Å²) in [7, 11) is 0. The van der Waals surface area contributed by atoms with E-state index in [0.29, 0.717) is 12.1 Å². The maximum absolute atomic E-state index is 11.0. The number of anilines is 2. The summed E-state index contributed by atoms with van der Waals surface area (Å²) in [5, 5.41) is 0. The molecule has 5 heteroatoms. The van der Waals surface area contributed by atoms with Crippen LogP contribution in [0.2, 0.25) is 0 Å². The van der Waals surface area contributed by atoms with Gasteiger partial charge in [-0.2, -0.15) is 0 Å². The van der Waals surface area contributed by atoms with Crippen LogP contribution in [0.1, 0.15) is 22.8 Å². The van der Waals surface area contributed by atoms with Gasteiger partial charge in [-0.25, -0.2) is 4.98 Å². The lowest BCUT2D eigenvalue weighted by Gasteiger charge is -2.22. The summed E-state index contributed by atoms with van der Waals surface area (Å²) in [6, 6.07) is 11.3. The molecule has 0 aliphatic heterocycles. The van der Waals surface area contributed by atoms with Crippen molar-refractivity contribution < 1.29 is 4.79 Å². The van der Waals surface area contributed by atoms with Gasteiger partial charge in [-0.15, -0.1) is 0 Å². The number of amides is 1. The molecular weight excluding hydrogens is 252 g/mol. The lowest BCUT2D eigenvalue weighted by atomic mass is 10.2. The van der Waals surface area contributed by atoms with E-state index >= 15 is 0 Å². The standard InChI is InChI=1S/C15H18N4O/c1-2-19(10-11-4-3-5-13(16)8-11)14-7-6-12(9-18-14)15(17)20/h3-9H,2,10,16H2,1H3,(H2,17,20). The fourth-order valence-corrected chi connectivity index (χ4v) is 1.99. The molecule has 0 saturated heterocycles. The number of primary amides is 1. The second-order valence-corrected chi connectivity index (χ2v) is 4.53. The highest BCUT2D eigenvalue weighted by molar-refractivity contribution is 5.92. The lowest BCUT2D eigenvalue weighted by Crippen LogP contribution is -2.23. The summed E-state index contributed by atoms with van der Waals surface area (Å²) in [5.74, 6) is 0.336. The van der Waals surface area contributed by atoms with E-state index in [1.54, 1.807) is 12.1 Å². The molecule has 0 atom stereocenters. The second-order valence-electron chi connectivity index (χ2n) is 4.53. The fraction of sp³-hybridized carbons (Fsp3) is 0.200. The van der Waals surface area contributed by atoms with Crippen molar-refractivity contribution in [2.45, 2.75) is 13.5 Å². The zero-order valence-electron chi connectivity index (χ0n) is 11.4. The van der Waals surface area contributed by atoms with Crippen molar-refractivity contribution in [2.24, 2.45) is 5.73 Å². The number of nitrogens with zero attached hydrogens (tertiary/aromatic N) is 2. The van der Waals surface area contributed by atoms with Crippen molar-refractivity contribution in [1.29, 1.82) is 0 Å². The van der Waals surface area contributed by atoms with Crippen LogP contribution in [0.5, 0.6) is 0 Å². The molecule has 0 unspecified atom stereocenters. The average Bonchev–Trinajstić information content (AvgIpc) is 2.45. The molecule has 2 aromatic rings. The molecule has 5 nitrogen and oxygen atoms in total. The Kier molecular flexibility index (Phi) is 4.20. The largest absolute Gasteiger partial charge is 0.399 e. The maximum atomic E-state index is 11.0. The number of benzene rings is 1. The Morgan fingerprint density at radius 3 is 2.65 bits per heavy atom. The summed E-state index contributed by atoms with van der Waals surface area (Å²) in [6.45, 7) is 3.57. The maximum Gasteiger partial charge on any atom is 0.250 e. The van der Waals surface area contributed by atoms with Crippen LogP contribution < -0.4 is 16.4 Å². The van der Waals surface area contributed by atoms with Crippen LogP contribution in [0.25, 0.3) is 0 Å². The molecule has 1 amide bonds. The van der Waals surface area contributed by atoms with Gasteiger partial charge in [0.15, 0.2) is 0 Å². The monoisotopic (exact) mass is 270 g/mol. The normalized spacial score (nSPS) is 10.2. The van der Waals surface area contributed by atoms with Crippen LogP contribution in [0, 0.1) is 0 Å². The predicted octanol–water partition coefficient (Wildman–Crippen LogP) is 1.79. The first-order valence-corrected chi connectivity index (χ1v) is 6.45. The summed E-state index contributed by atoms with van der Waals surface area (Å²) in [5.41, 5.74) is 13.3. The van der Waals surface area contributed by atoms with E-state index in [0.717, 1.165) is 23.6 Å². The van der Waals surface area contributed by atoms with Crippen LogP contribution in [0.4, 0.5) is 11.5 Å². The molecule has 1 heterocycles. The summed E-state index contributed by atoms with van der Waals surface area (Å²) in [4.78, 5) is 17.4. The Balaban J connectivity index is 2.17. The quantitative estimate of drug-likeness (QED) is 0.811. The molecule has 0 fully saturated rings. The van der Waals surface area contributed by atoms with Crippen LogP contribution in [0.15, 0.2) is 42.6 Å². The minimum absolute atomic E-state index is 0.411. The highest BCUT2D eigenvalue weighted by Crippen LogP contribution is 2.16. The molecule has 0 aliphatic rings. The Morgan fingerprint density at radius 2 is 2.10 bits per heavy atom. The number of rotatable bonds is 5. The van der Waals surface area contributed by atoms with Crippen molar-refractivity contribution in [3.8, 4) is 0 Å². The van der Waals surface area contributed by atoms with Gasteiger partial charge in [-0.1, -0.05) is 12.1 Å². The van der Waals surface area contributed by atoms with Gasteiger partial charge in [-0.05, 0) is 36.8 Å². The number of nitrogens with two attached hydrogens (primary N) is 2. The van der Waals surface area contributed by atoms with Gasteiger partial charge in [0.2, 0.25) is 5.91 Å².